The van der Waals surface area contributed by atoms with Crippen LogP contribution in [0.3, 0.4) is 0 Å². The molecule has 0 saturated heterocycles. The highest BCUT2D eigenvalue weighted by molar-refractivity contribution is 8.35. The first-order valence-corrected chi connectivity index (χ1v) is 28.7. The molecular formula is C51H102N2S4. The van der Waals surface area contributed by atoms with E-state index in [0.717, 1.165) is 39.9 Å². The molecule has 0 radical (unpaired) electrons. The van der Waals surface area contributed by atoms with Gasteiger partial charge in [-0.25, -0.2) is 0 Å². The molecule has 0 aromatic rings. The molecule has 0 bridgehead atoms. The number of rotatable bonds is 46. The first-order valence-electron chi connectivity index (χ1n) is 25.9. The van der Waals surface area contributed by atoms with Crippen LogP contribution in [0, 0.1) is 0 Å². The van der Waals surface area contributed by atoms with Gasteiger partial charge in [-0.1, -0.05) is 307 Å². The molecule has 0 N–H and O–H groups in total. The maximum absolute atomic E-state index is 6.15. The zero-order valence-electron chi connectivity index (χ0n) is 39.3. The minimum Gasteiger partial charge on any atom is -0.358 e. The molecule has 6 heteroatoms. The standard InChI is InChI=1S/C51H102N2S4/c1-5-9-13-17-21-25-29-33-37-41-45-52(46-42-38-34-30-26-22-18-14-10-6-2)50(54)56-49-57-51(55)53(47-43-39-35-31-27-23-19-15-11-7-3)48-44-40-36-32-28-24-20-16-12-8-4/h5-49H2,1-4H3. The van der Waals surface area contributed by atoms with Crippen LogP contribution in [0.1, 0.15) is 285 Å². The van der Waals surface area contributed by atoms with Gasteiger partial charge in [-0.3, -0.25) is 0 Å². The zero-order valence-corrected chi connectivity index (χ0v) is 42.6. The molecule has 0 amide bonds. The van der Waals surface area contributed by atoms with Crippen molar-refractivity contribution < 1.29 is 0 Å². The first kappa shape index (κ1) is 57.5. The average Bonchev–Trinajstić information content (AvgIpc) is 3.21. The van der Waals surface area contributed by atoms with Crippen molar-refractivity contribution in [3.05, 3.63) is 0 Å². The topological polar surface area (TPSA) is 6.48 Å². The summed E-state index contributed by atoms with van der Waals surface area (Å²) in [6, 6.07) is 0. The molecule has 0 spiro atoms. The Bertz CT molecular complexity index is 696. The first-order chi connectivity index (χ1) is 28.1. The van der Waals surface area contributed by atoms with Crippen molar-refractivity contribution >= 4 is 56.6 Å². The van der Waals surface area contributed by atoms with Crippen LogP contribution >= 0.6 is 48.0 Å². The summed E-state index contributed by atoms with van der Waals surface area (Å²) in [5.41, 5.74) is 0. The van der Waals surface area contributed by atoms with E-state index in [4.69, 9.17) is 24.4 Å². The van der Waals surface area contributed by atoms with Gasteiger partial charge in [-0.15, -0.1) is 0 Å². The van der Waals surface area contributed by atoms with E-state index >= 15 is 0 Å². The molecule has 340 valence electrons. The fourth-order valence-electron chi connectivity index (χ4n) is 8.06. The molecule has 2 nitrogen and oxygen atoms in total. The fraction of sp³-hybridized carbons (Fsp3) is 0.961. The summed E-state index contributed by atoms with van der Waals surface area (Å²) >= 11 is 16.1. The minimum atomic E-state index is 0.955. The van der Waals surface area contributed by atoms with Gasteiger partial charge in [-0.2, -0.15) is 0 Å². The second-order valence-electron chi connectivity index (χ2n) is 17.6. The van der Waals surface area contributed by atoms with Crippen LogP contribution in [-0.4, -0.2) is 49.7 Å². The predicted molar refractivity (Wildman–Crippen MR) is 276 cm³/mol. The van der Waals surface area contributed by atoms with Gasteiger partial charge in [0.05, 0.1) is 5.08 Å². The molecule has 0 unspecified atom stereocenters. The summed E-state index contributed by atoms with van der Waals surface area (Å²) in [6.45, 7) is 13.8. The summed E-state index contributed by atoms with van der Waals surface area (Å²) in [5, 5.41) is 0.955. The van der Waals surface area contributed by atoms with E-state index in [1.54, 1.807) is 0 Å². The quantitative estimate of drug-likeness (QED) is 0.0339. The van der Waals surface area contributed by atoms with Crippen LogP contribution < -0.4 is 0 Å². The van der Waals surface area contributed by atoms with Crippen molar-refractivity contribution in [1.29, 1.82) is 0 Å². The Hall–Kier alpha value is 0.480. The molecule has 0 atom stereocenters. The highest BCUT2D eigenvalue weighted by Crippen LogP contribution is 2.23. The lowest BCUT2D eigenvalue weighted by atomic mass is 10.1. The van der Waals surface area contributed by atoms with Crippen molar-refractivity contribution in [1.82, 2.24) is 9.80 Å². The fourth-order valence-corrected chi connectivity index (χ4v) is 11.1. The van der Waals surface area contributed by atoms with Crippen LogP contribution in [0.15, 0.2) is 0 Å². The third-order valence-electron chi connectivity index (χ3n) is 12.0. The average molecular weight is 872 g/mol. The smallest absolute Gasteiger partial charge is 0.137 e. The summed E-state index contributed by atoms with van der Waals surface area (Å²) in [6.07, 6.45) is 55.6. The number of thiocarbonyl (C=S) groups is 2. The van der Waals surface area contributed by atoms with Crippen LogP contribution in [0.4, 0.5) is 0 Å². The number of hydrogen-bond donors (Lipinski definition) is 0. The van der Waals surface area contributed by atoms with Gasteiger partial charge >= 0.3 is 0 Å². The lowest BCUT2D eigenvalue weighted by Gasteiger charge is -2.27. The normalized spacial score (nSPS) is 11.4. The van der Waals surface area contributed by atoms with Gasteiger partial charge in [0.25, 0.3) is 0 Å². The molecule has 0 aromatic carbocycles. The molecule has 0 heterocycles. The summed E-state index contributed by atoms with van der Waals surface area (Å²) < 4.78 is 2.24. The van der Waals surface area contributed by atoms with Gasteiger partial charge in [0.2, 0.25) is 0 Å². The SMILES string of the molecule is CCCCCCCCCCCCN(CCCCCCCCCCCC)C(=S)SCSC(=S)N(CCCCCCCCCCCC)CCCCCCCCCCCC. The molecule has 0 aromatic heterocycles. The van der Waals surface area contributed by atoms with Crippen molar-refractivity contribution in [3.63, 3.8) is 0 Å². The van der Waals surface area contributed by atoms with Crippen LogP contribution in [0.2, 0.25) is 0 Å². The van der Waals surface area contributed by atoms with Gasteiger partial charge in [0.15, 0.2) is 0 Å². The molecule has 0 fully saturated rings. The molecule has 0 rings (SSSR count). The van der Waals surface area contributed by atoms with E-state index in [1.165, 1.54) is 257 Å². The minimum absolute atomic E-state index is 0.955. The van der Waals surface area contributed by atoms with Crippen LogP contribution in [0.25, 0.3) is 0 Å². The summed E-state index contributed by atoms with van der Waals surface area (Å²) in [7, 11) is 0. The summed E-state index contributed by atoms with van der Waals surface area (Å²) in [5.74, 6) is 0. The second-order valence-corrected chi connectivity index (χ2v) is 21.2. The Morgan fingerprint density at radius 2 is 0.421 bits per heavy atom. The number of nitrogens with zero attached hydrogens (tertiary/aromatic N) is 2. The molecule has 0 saturated carbocycles. The highest BCUT2D eigenvalue weighted by atomic mass is 32.2. The van der Waals surface area contributed by atoms with Crippen molar-refractivity contribution in [2.75, 3.05) is 31.3 Å². The Balaban J connectivity index is 4.82. The van der Waals surface area contributed by atoms with Gasteiger partial charge in [0.1, 0.15) is 8.64 Å². The zero-order chi connectivity index (χ0) is 41.5. The van der Waals surface area contributed by atoms with Crippen molar-refractivity contribution in [2.24, 2.45) is 0 Å². The molecule has 0 aliphatic rings. The highest BCUT2D eigenvalue weighted by Gasteiger charge is 2.14. The van der Waals surface area contributed by atoms with Crippen LogP contribution in [-0.2, 0) is 0 Å². The monoisotopic (exact) mass is 871 g/mol. The van der Waals surface area contributed by atoms with Gasteiger partial charge < -0.3 is 9.80 Å². The van der Waals surface area contributed by atoms with Gasteiger partial charge in [-0.05, 0) is 25.7 Å². The van der Waals surface area contributed by atoms with E-state index in [9.17, 15) is 0 Å². The molecule has 57 heavy (non-hydrogen) atoms. The van der Waals surface area contributed by atoms with Crippen molar-refractivity contribution in [2.45, 2.75) is 285 Å². The predicted octanol–water partition coefficient (Wildman–Crippen LogP) is 19.3. The Kier molecular flexibility index (Phi) is 49.6. The van der Waals surface area contributed by atoms with E-state index < -0.39 is 0 Å². The number of hydrogen-bond acceptors (Lipinski definition) is 4. The van der Waals surface area contributed by atoms with E-state index in [-0.39, 0.29) is 0 Å². The number of unbranched alkanes of at least 4 members (excludes halogenated alkanes) is 36. The number of thioether (sulfide) groups is 2. The maximum atomic E-state index is 6.15. The van der Waals surface area contributed by atoms with Crippen molar-refractivity contribution in [3.8, 4) is 0 Å². The molecule has 0 aliphatic heterocycles. The van der Waals surface area contributed by atoms with Gasteiger partial charge in [0, 0.05) is 26.2 Å². The van der Waals surface area contributed by atoms with Crippen LogP contribution in [0.5, 0.6) is 0 Å². The summed E-state index contributed by atoms with van der Waals surface area (Å²) in [4.78, 5) is 5.15. The Labute approximate surface area is 379 Å². The Morgan fingerprint density at radius 1 is 0.263 bits per heavy atom. The van der Waals surface area contributed by atoms with E-state index in [2.05, 4.69) is 37.5 Å². The van der Waals surface area contributed by atoms with E-state index in [1.807, 2.05) is 23.5 Å². The second kappa shape index (κ2) is 49.1. The molecule has 0 aliphatic carbocycles. The largest absolute Gasteiger partial charge is 0.358 e. The third-order valence-corrected chi connectivity index (χ3v) is 15.2. The van der Waals surface area contributed by atoms with E-state index in [0.29, 0.717) is 0 Å². The third kappa shape index (κ3) is 42.9. The molecular weight excluding hydrogens is 769 g/mol. The lowest BCUT2D eigenvalue weighted by Crippen LogP contribution is -2.31. The maximum Gasteiger partial charge on any atom is 0.137 e. The lowest BCUT2D eigenvalue weighted by molar-refractivity contribution is 0.394. The Morgan fingerprint density at radius 3 is 0.596 bits per heavy atom.